The Morgan fingerprint density at radius 2 is 2.11 bits per heavy atom. The smallest absolute Gasteiger partial charge is 0.339 e. The van der Waals surface area contributed by atoms with E-state index in [4.69, 9.17) is 10.6 Å². The molecule has 2 fully saturated rings. The molecular formula is C19H23N9O7S3. The predicted molar refractivity (Wildman–Crippen MR) is 138 cm³/mol. The number of nitrogens with zero attached hydrogens (tertiary/aromatic N) is 6. The molecule has 2 amide bonds. The van der Waals surface area contributed by atoms with Gasteiger partial charge in [0.25, 0.3) is 5.91 Å². The van der Waals surface area contributed by atoms with Crippen LogP contribution >= 0.6 is 35.1 Å². The van der Waals surface area contributed by atoms with E-state index in [1.54, 1.807) is 13.8 Å². The first kappa shape index (κ1) is 27.6. The van der Waals surface area contributed by atoms with Crippen LogP contribution < -0.4 is 22.2 Å². The summed E-state index contributed by atoms with van der Waals surface area (Å²) >= 11 is 3.06. The molecule has 4 heterocycles. The van der Waals surface area contributed by atoms with Crippen molar-refractivity contribution < 1.29 is 24.3 Å². The fourth-order valence-corrected chi connectivity index (χ4v) is 6.80. The lowest BCUT2D eigenvalue weighted by atomic mass is 9.89. The van der Waals surface area contributed by atoms with Crippen LogP contribution in [0.4, 0.5) is 5.13 Å². The number of fused-ring (bicyclic) bond motifs is 1. The third-order valence-electron chi connectivity index (χ3n) is 5.53. The molecule has 2 aromatic heterocycles. The van der Waals surface area contributed by atoms with Crippen LogP contribution in [-0.4, -0.2) is 93.2 Å². The lowest BCUT2D eigenvalue weighted by Crippen LogP contribution is -2.74. The van der Waals surface area contributed by atoms with Gasteiger partial charge in [-0.25, -0.2) is 0 Å². The number of carbonyl (C=O) groups is 3. The van der Waals surface area contributed by atoms with E-state index in [0.717, 1.165) is 23.3 Å². The first-order valence-electron chi connectivity index (χ1n) is 11.0. The van der Waals surface area contributed by atoms with Crippen molar-refractivity contribution >= 4 is 63.7 Å². The Kier molecular flexibility index (Phi) is 7.79. The summed E-state index contributed by atoms with van der Waals surface area (Å²) in [5.41, 5.74) is 2.15. The maximum atomic E-state index is 13.0. The number of thioether (sulfide) groups is 2. The zero-order valence-electron chi connectivity index (χ0n) is 20.2. The van der Waals surface area contributed by atoms with E-state index >= 15 is 0 Å². The van der Waals surface area contributed by atoms with E-state index in [2.05, 4.69) is 29.9 Å². The van der Waals surface area contributed by atoms with Crippen LogP contribution in [0.1, 0.15) is 19.7 Å². The molecule has 0 radical (unpaired) electrons. The molecule has 2 aliphatic heterocycles. The number of aromatic nitrogens is 5. The maximum absolute atomic E-state index is 13.0. The molecule has 0 bridgehead atoms. The highest BCUT2D eigenvalue weighted by atomic mass is 32.2. The van der Waals surface area contributed by atoms with Gasteiger partial charge in [0, 0.05) is 36.6 Å². The SMILES string of the molecule is CC(C)ON=C(C(=O)NC1C(=O)N2CC(CSc3nc(=O)c(=O)[nH]n3C)(C(=O)O)CS[C@H]12)c1nsc(N)n1. The number of oxime groups is 1. The number of H-pyrrole nitrogens is 1. The van der Waals surface area contributed by atoms with E-state index in [-0.39, 0.29) is 46.0 Å². The van der Waals surface area contributed by atoms with Gasteiger partial charge in [-0.3, -0.25) is 33.8 Å². The first-order chi connectivity index (χ1) is 17.9. The zero-order valence-corrected chi connectivity index (χ0v) is 22.7. The molecule has 0 spiro atoms. The van der Waals surface area contributed by atoms with Gasteiger partial charge < -0.3 is 25.9 Å². The Morgan fingerprint density at radius 1 is 1.37 bits per heavy atom. The van der Waals surface area contributed by atoms with Crippen molar-refractivity contribution in [2.75, 3.05) is 23.8 Å². The number of aromatic amines is 1. The summed E-state index contributed by atoms with van der Waals surface area (Å²) in [6.45, 7) is 3.32. The normalized spacial score (nSPS) is 23.1. The number of nitrogens with two attached hydrogens (primary N) is 1. The van der Waals surface area contributed by atoms with Crippen LogP contribution in [0.5, 0.6) is 0 Å². The number of amides is 2. The molecular weight excluding hydrogens is 562 g/mol. The Bertz CT molecular complexity index is 1420. The molecule has 0 aromatic carbocycles. The number of hydrogen-bond donors (Lipinski definition) is 4. The van der Waals surface area contributed by atoms with Crippen molar-refractivity contribution in [3.8, 4) is 0 Å². The first-order valence-corrected chi connectivity index (χ1v) is 13.8. The summed E-state index contributed by atoms with van der Waals surface area (Å²) in [5, 5.41) is 18.5. The van der Waals surface area contributed by atoms with E-state index in [1.165, 1.54) is 28.4 Å². The highest BCUT2D eigenvalue weighted by molar-refractivity contribution is 8.00. The largest absolute Gasteiger partial charge is 0.481 e. The average Bonchev–Trinajstić information content (AvgIpc) is 3.29. The number of rotatable bonds is 9. The van der Waals surface area contributed by atoms with Crippen LogP contribution in [-0.2, 0) is 26.3 Å². The maximum Gasteiger partial charge on any atom is 0.339 e. The van der Waals surface area contributed by atoms with E-state index in [1.807, 2.05) is 0 Å². The number of aliphatic carboxylic acids is 1. The zero-order chi connectivity index (χ0) is 27.8. The number of aryl methyl sites for hydroxylation is 1. The Balaban J connectivity index is 1.46. The number of β-lactam (4-membered cyclic amide) rings is 1. The third-order valence-corrected chi connectivity index (χ3v) is 8.98. The number of hydrogen-bond acceptors (Lipinski definition) is 14. The third kappa shape index (κ3) is 5.39. The van der Waals surface area contributed by atoms with Crippen LogP contribution in [0.15, 0.2) is 19.9 Å². The molecule has 38 heavy (non-hydrogen) atoms. The average molecular weight is 586 g/mol. The van der Waals surface area contributed by atoms with Crippen LogP contribution in [0, 0.1) is 5.41 Å². The molecule has 5 N–H and O–H groups in total. The molecule has 204 valence electrons. The molecule has 0 aliphatic carbocycles. The standard InChI is InChI=1S/C19H23N9O7S3/c1-7(2)35-25-8(10-22-17(20)38-26-10)11(29)21-9-14(32)28-4-19(16(33)34,5-36-15(9)28)6-37-18-23-12(30)13(31)24-27(18)3/h7,9,15H,4-6H2,1-3H3,(H,21,29)(H,24,31)(H,33,34)(H2,20,22,26)/t9?,15-,19?/m1/s1. The molecule has 19 heteroatoms. The van der Waals surface area contributed by atoms with Crippen LogP contribution in [0.25, 0.3) is 0 Å². The molecule has 0 saturated carbocycles. The molecule has 2 saturated heterocycles. The minimum atomic E-state index is -1.36. The van der Waals surface area contributed by atoms with Crippen molar-refractivity contribution in [3.05, 3.63) is 26.5 Å². The van der Waals surface area contributed by atoms with Gasteiger partial charge in [-0.1, -0.05) is 16.9 Å². The molecule has 2 aliphatic rings. The topological polar surface area (TPSA) is 228 Å². The van der Waals surface area contributed by atoms with E-state index < -0.39 is 45.7 Å². The van der Waals surface area contributed by atoms with Gasteiger partial charge in [0.15, 0.2) is 10.3 Å². The summed E-state index contributed by atoms with van der Waals surface area (Å²) in [5.74, 6) is -2.27. The van der Waals surface area contributed by atoms with Gasteiger partial charge in [0.05, 0.1) is 0 Å². The minimum absolute atomic E-state index is 0.0184. The van der Waals surface area contributed by atoms with Crippen LogP contribution in [0.2, 0.25) is 0 Å². The second-order valence-electron chi connectivity index (χ2n) is 8.74. The fourth-order valence-electron chi connectivity index (χ4n) is 3.58. The van der Waals surface area contributed by atoms with Crippen molar-refractivity contribution in [3.63, 3.8) is 0 Å². The highest BCUT2D eigenvalue weighted by Crippen LogP contribution is 2.44. The van der Waals surface area contributed by atoms with Gasteiger partial charge in [0.2, 0.25) is 17.4 Å². The minimum Gasteiger partial charge on any atom is -0.481 e. The lowest BCUT2D eigenvalue weighted by Gasteiger charge is -2.53. The fraction of sp³-hybridized carbons (Fsp3) is 0.526. The summed E-state index contributed by atoms with van der Waals surface area (Å²) in [6.07, 6.45) is -0.334. The van der Waals surface area contributed by atoms with Crippen LogP contribution in [0.3, 0.4) is 0 Å². The number of carbonyl (C=O) groups excluding carboxylic acids is 2. The second kappa shape index (κ2) is 10.7. The van der Waals surface area contributed by atoms with Gasteiger partial charge in [-0.05, 0) is 13.8 Å². The molecule has 2 unspecified atom stereocenters. The predicted octanol–water partition coefficient (Wildman–Crippen LogP) is -1.71. The summed E-state index contributed by atoms with van der Waals surface area (Å²) in [6, 6.07) is -0.922. The summed E-state index contributed by atoms with van der Waals surface area (Å²) < 4.78 is 5.22. The monoisotopic (exact) mass is 585 g/mol. The van der Waals surface area contributed by atoms with Crippen molar-refractivity contribution in [2.24, 2.45) is 17.6 Å². The summed E-state index contributed by atoms with van der Waals surface area (Å²) in [7, 11) is 1.47. The number of nitrogens with one attached hydrogen (secondary N) is 2. The quantitative estimate of drug-likeness (QED) is 0.0846. The lowest BCUT2D eigenvalue weighted by molar-refractivity contribution is -0.157. The molecule has 3 atom stereocenters. The van der Waals surface area contributed by atoms with Gasteiger partial charge >= 0.3 is 17.1 Å². The van der Waals surface area contributed by atoms with Gasteiger partial charge in [-0.15, -0.1) is 11.8 Å². The molecule has 2 aromatic rings. The number of nitrogen functional groups attached to an aromatic ring is 1. The Morgan fingerprint density at radius 3 is 2.74 bits per heavy atom. The van der Waals surface area contributed by atoms with Crippen molar-refractivity contribution in [1.29, 1.82) is 0 Å². The Hall–Kier alpha value is -3.45. The van der Waals surface area contributed by atoms with Crippen molar-refractivity contribution in [1.82, 2.24) is 34.3 Å². The van der Waals surface area contributed by atoms with E-state index in [9.17, 15) is 29.1 Å². The molecule has 4 rings (SSSR count). The van der Waals surface area contributed by atoms with Crippen molar-refractivity contribution in [2.45, 2.75) is 36.5 Å². The number of carboxylic acids is 1. The summed E-state index contributed by atoms with van der Waals surface area (Å²) in [4.78, 5) is 75.5. The highest BCUT2D eigenvalue weighted by Gasteiger charge is 2.57. The number of anilines is 1. The molecule has 16 nitrogen and oxygen atoms in total. The van der Waals surface area contributed by atoms with E-state index in [0.29, 0.717) is 0 Å². The van der Waals surface area contributed by atoms with Gasteiger partial charge in [0.1, 0.15) is 22.9 Å². The van der Waals surface area contributed by atoms with Gasteiger partial charge in [-0.2, -0.15) is 14.3 Å². The Labute approximate surface area is 226 Å². The number of carboxylic acid groups (broad SMARTS) is 1. The second-order valence-corrected chi connectivity index (χ2v) is 11.6.